The molecule has 0 fully saturated rings. The van der Waals surface area contributed by atoms with Crippen molar-refractivity contribution in [1.82, 2.24) is 5.32 Å². The van der Waals surface area contributed by atoms with Crippen molar-refractivity contribution in [3.63, 3.8) is 0 Å². The molecule has 0 bridgehead atoms. The van der Waals surface area contributed by atoms with Crippen molar-refractivity contribution in [2.75, 3.05) is 13.7 Å². The van der Waals surface area contributed by atoms with E-state index in [0.717, 1.165) is 19.5 Å². The molecule has 0 amide bonds. The molecule has 16 heavy (non-hydrogen) atoms. The van der Waals surface area contributed by atoms with Crippen LogP contribution in [0.1, 0.15) is 40.7 Å². The Morgan fingerprint density at radius 3 is 3.06 bits per heavy atom. The van der Waals surface area contributed by atoms with Crippen LogP contribution in [-0.4, -0.2) is 19.6 Å². The fraction of sp³-hybridized carbons (Fsp3) is 0.462. The van der Waals surface area contributed by atoms with Gasteiger partial charge >= 0.3 is 5.97 Å². The standard InChI is InChI=1S/C13H17NO2/c1-3-9-7-14-8-11-6-10(13(15)16-2)4-5-12(9)11/h4-6,9,14H,3,7-8H2,1-2H3. The second-order valence-corrected chi connectivity index (χ2v) is 4.14. The molecule has 86 valence electrons. The van der Waals surface area contributed by atoms with Gasteiger partial charge in [-0.05, 0) is 35.6 Å². The largest absolute Gasteiger partial charge is 0.465 e. The second kappa shape index (κ2) is 4.66. The van der Waals surface area contributed by atoms with Crippen molar-refractivity contribution >= 4 is 5.97 Å². The van der Waals surface area contributed by atoms with Crippen molar-refractivity contribution in [1.29, 1.82) is 0 Å². The van der Waals surface area contributed by atoms with Crippen molar-refractivity contribution in [2.24, 2.45) is 0 Å². The first-order valence-corrected chi connectivity index (χ1v) is 5.68. The zero-order valence-electron chi connectivity index (χ0n) is 9.75. The zero-order valence-corrected chi connectivity index (χ0v) is 9.75. The van der Waals surface area contributed by atoms with E-state index in [1.807, 2.05) is 12.1 Å². The molecule has 2 rings (SSSR count). The minimum Gasteiger partial charge on any atom is -0.465 e. The average Bonchev–Trinajstić information content (AvgIpc) is 2.36. The molecule has 0 aromatic heterocycles. The number of ether oxygens (including phenoxy) is 1. The van der Waals surface area contributed by atoms with E-state index in [1.54, 1.807) is 0 Å². The summed E-state index contributed by atoms with van der Waals surface area (Å²) in [6, 6.07) is 5.87. The molecule has 0 radical (unpaired) electrons. The first kappa shape index (κ1) is 11.1. The SMILES string of the molecule is CCC1CNCc2cc(C(=O)OC)ccc21. The van der Waals surface area contributed by atoms with Crippen LogP contribution < -0.4 is 5.32 Å². The van der Waals surface area contributed by atoms with Crippen LogP contribution in [0.25, 0.3) is 0 Å². The van der Waals surface area contributed by atoms with Crippen LogP contribution in [0.15, 0.2) is 18.2 Å². The Morgan fingerprint density at radius 1 is 1.56 bits per heavy atom. The highest BCUT2D eigenvalue weighted by molar-refractivity contribution is 5.89. The molecule has 1 aliphatic heterocycles. The Labute approximate surface area is 95.8 Å². The van der Waals surface area contributed by atoms with Gasteiger partial charge in [0.1, 0.15) is 0 Å². The van der Waals surface area contributed by atoms with E-state index in [9.17, 15) is 4.79 Å². The van der Waals surface area contributed by atoms with Gasteiger partial charge in [-0.3, -0.25) is 0 Å². The molecule has 1 N–H and O–H groups in total. The molecule has 1 heterocycles. The van der Waals surface area contributed by atoms with Gasteiger partial charge in [0.05, 0.1) is 12.7 Å². The maximum Gasteiger partial charge on any atom is 0.337 e. The molecule has 0 aliphatic carbocycles. The van der Waals surface area contributed by atoms with E-state index >= 15 is 0 Å². The third-order valence-corrected chi connectivity index (χ3v) is 3.20. The summed E-state index contributed by atoms with van der Waals surface area (Å²) in [4.78, 5) is 11.4. The van der Waals surface area contributed by atoms with Gasteiger partial charge in [-0.1, -0.05) is 13.0 Å². The lowest BCUT2D eigenvalue weighted by Gasteiger charge is -2.25. The van der Waals surface area contributed by atoms with Crippen molar-refractivity contribution < 1.29 is 9.53 Å². The van der Waals surface area contributed by atoms with Crippen LogP contribution in [0.5, 0.6) is 0 Å². The molecule has 1 atom stereocenters. The van der Waals surface area contributed by atoms with Crippen LogP contribution >= 0.6 is 0 Å². The fourth-order valence-corrected chi connectivity index (χ4v) is 2.26. The number of fused-ring (bicyclic) bond motifs is 1. The van der Waals surface area contributed by atoms with Gasteiger partial charge in [0.15, 0.2) is 0 Å². The van der Waals surface area contributed by atoms with Crippen LogP contribution in [0.3, 0.4) is 0 Å². The molecule has 0 saturated heterocycles. The van der Waals surface area contributed by atoms with E-state index in [1.165, 1.54) is 18.2 Å². The van der Waals surface area contributed by atoms with Crippen LogP contribution in [0, 0.1) is 0 Å². The van der Waals surface area contributed by atoms with Crippen molar-refractivity contribution in [2.45, 2.75) is 25.8 Å². The Balaban J connectivity index is 2.35. The Kier molecular flexibility index (Phi) is 3.25. The lowest BCUT2D eigenvalue weighted by Crippen LogP contribution is -2.28. The number of carbonyl (C=O) groups is 1. The third kappa shape index (κ3) is 1.95. The first-order chi connectivity index (χ1) is 7.76. The number of esters is 1. The number of carbonyl (C=O) groups excluding carboxylic acids is 1. The second-order valence-electron chi connectivity index (χ2n) is 4.14. The van der Waals surface area contributed by atoms with Gasteiger partial charge in [0.25, 0.3) is 0 Å². The first-order valence-electron chi connectivity index (χ1n) is 5.68. The number of nitrogens with one attached hydrogen (secondary N) is 1. The molecule has 3 heteroatoms. The van der Waals surface area contributed by atoms with Gasteiger partial charge in [-0.15, -0.1) is 0 Å². The minimum atomic E-state index is -0.263. The lowest BCUT2D eigenvalue weighted by molar-refractivity contribution is 0.0600. The quantitative estimate of drug-likeness (QED) is 0.774. The third-order valence-electron chi connectivity index (χ3n) is 3.20. The lowest BCUT2D eigenvalue weighted by atomic mass is 9.88. The predicted octanol–water partition coefficient (Wildman–Crippen LogP) is 2.07. The van der Waals surface area contributed by atoms with E-state index in [4.69, 9.17) is 4.74 Å². The number of rotatable bonds is 2. The number of hydrogen-bond donors (Lipinski definition) is 1. The smallest absolute Gasteiger partial charge is 0.337 e. The Bertz CT molecular complexity index is 401. The topological polar surface area (TPSA) is 38.3 Å². The van der Waals surface area contributed by atoms with Gasteiger partial charge in [0.2, 0.25) is 0 Å². The molecular formula is C13H17NO2. The normalized spacial score (nSPS) is 19.0. The van der Waals surface area contributed by atoms with Gasteiger partial charge in [0, 0.05) is 13.1 Å². The summed E-state index contributed by atoms with van der Waals surface area (Å²) in [5, 5.41) is 3.37. The molecule has 1 aromatic carbocycles. The highest BCUT2D eigenvalue weighted by atomic mass is 16.5. The Morgan fingerprint density at radius 2 is 2.38 bits per heavy atom. The Hall–Kier alpha value is -1.35. The number of benzene rings is 1. The van der Waals surface area contributed by atoms with E-state index in [0.29, 0.717) is 11.5 Å². The van der Waals surface area contributed by atoms with Crippen molar-refractivity contribution in [3.05, 3.63) is 34.9 Å². The van der Waals surface area contributed by atoms with E-state index in [2.05, 4.69) is 18.3 Å². The monoisotopic (exact) mass is 219 g/mol. The summed E-state index contributed by atoms with van der Waals surface area (Å²) in [5.41, 5.74) is 3.23. The van der Waals surface area contributed by atoms with E-state index in [-0.39, 0.29) is 5.97 Å². The highest BCUT2D eigenvalue weighted by Crippen LogP contribution is 2.27. The molecule has 1 aliphatic rings. The average molecular weight is 219 g/mol. The van der Waals surface area contributed by atoms with Crippen LogP contribution in [0.4, 0.5) is 0 Å². The van der Waals surface area contributed by atoms with Crippen LogP contribution in [-0.2, 0) is 11.3 Å². The molecule has 3 nitrogen and oxygen atoms in total. The summed E-state index contributed by atoms with van der Waals surface area (Å²) in [6.45, 7) is 4.06. The maximum atomic E-state index is 11.4. The van der Waals surface area contributed by atoms with Crippen LogP contribution in [0.2, 0.25) is 0 Å². The number of methoxy groups -OCH3 is 1. The van der Waals surface area contributed by atoms with Gasteiger partial charge in [-0.2, -0.15) is 0 Å². The van der Waals surface area contributed by atoms with Gasteiger partial charge < -0.3 is 10.1 Å². The summed E-state index contributed by atoms with van der Waals surface area (Å²) in [7, 11) is 1.41. The summed E-state index contributed by atoms with van der Waals surface area (Å²) in [6.07, 6.45) is 1.12. The zero-order chi connectivity index (χ0) is 11.5. The summed E-state index contributed by atoms with van der Waals surface area (Å²) < 4.78 is 4.72. The molecule has 1 aromatic rings. The maximum absolute atomic E-state index is 11.4. The molecule has 0 saturated carbocycles. The van der Waals surface area contributed by atoms with Gasteiger partial charge in [-0.25, -0.2) is 4.79 Å². The fourth-order valence-electron chi connectivity index (χ4n) is 2.26. The summed E-state index contributed by atoms with van der Waals surface area (Å²) >= 11 is 0. The predicted molar refractivity (Wildman–Crippen MR) is 62.5 cm³/mol. The van der Waals surface area contributed by atoms with E-state index < -0.39 is 0 Å². The van der Waals surface area contributed by atoms with Crippen molar-refractivity contribution in [3.8, 4) is 0 Å². The highest BCUT2D eigenvalue weighted by Gasteiger charge is 2.19. The molecule has 1 unspecified atom stereocenters. The molecular weight excluding hydrogens is 202 g/mol. The minimum absolute atomic E-state index is 0.263. The number of hydrogen-bond acceptors (Lipinski definition) is 3. The molecule has 0 spiro atoms. The summed E-state index contributed by atoms with van der Waals surface area (Å²) in [5.74, 6) is 0.303.